The molecule has 4 nitrogen and oxygen atoms in total. The molecular formula is C14H27N3O. The minimum atomic E-state index is 0.331. The molecule has 4 heteroatoms. The predicted octanol–water partition coefficient (Wildman–Crippen LogP) is 2.44. The number of hydrogen-bond acceptors (Lipinski definition) is 3. The first-order chi connectivity index (χ1) is 8.59. The van der Waals surface area contributed by atoms with Crippen LogP contribution in [0.5, 0.6) is 0 Å². The van der Waals surface area contributed by atoms with Gasteiger partial charge in [-0.05, 0) is 38.8 Å². The van der Waals surface area contributed by atoms with Gasteiger partial charge in [0.2, 0.25) is 0 Å². The first kappa shape index (κ1) is 15.2. The van der Waals surface area contributed by atoms with Gasteiger partial charge in [0.1, 0.15) is 0 Å². The molecule has 1 aromatic heterocycles. The van der Waals surface area contributed by atoms with Gasteiger partial charge in [0.15, 0.2) is 0 Å². The lowest BCUT2D eigenvalue weighted by molar-refractivity contribution is 0.0770. The van der Waals surface area contributed by atoms with Crippen LogP contribution in [0.1, 0.15) is 39.8 Å². The van der Waals surface area contributed by atoms with Crippen molar-refractivity contribution in [3.8, 4) is 0 Å². The van der Waals surface area contributed by atoms with Gasteiger partial charge in [-0.1, -0.05) is 13.8 Å². The van der Waals surface area contributed by atoms with Crippen LogP contribution >= 0.6 is 0 Å². The summed E-state index contributed by atoms with van der Waals surface area (Å²) in [5.41, 5.74) is 1.26. The molecule has 0 fully saturated rings. The normalized spacial score (nSPS) is 11.7. The molecule has 1 heterocycles. The molecule has 0 atom stereocenters. The van der Waals surface area contributed by atoms with E-state index in [1.807, 2.05) is 6.20 Å². The number of rotatable bonds is 9. The largest absolute Gasteiger partial charge is 0.379 e. The average Bonchev–Trinajstić information content (AvgIpc) is 2.69. The molecular weight excluding hydrogens is 226 g/mol. The fourth-order valence-electron chi connectivity index (χ4n) is 1.75. The van der Waals surface area contributed by atoms with E-state index in [2.05, 4.69) is 48.9 Å². The minimum Gasteiger partial charge on any atom is -0.379 e. The van der Waals surface area contributed by atoms with Gasteiger partial charge in [0, 0.05) is 25.9 Å². The van der Waals surface area contributed by atoms with Gasteiger partial charge in [-0.15, -0.1) is 0 Å². The minimum absolute atomic E-state index is 0.331. The zero-order valence-corrected chi connectivity index (χ0v) is 12.1. The molecule has 0 aliphatic carbocycles. The Kier molecular flexibility index (Phi) is 6.98. The Morgan fingerprint density at radius 3 is 2.78 bits per heavy atom. The van der Waals surface area contributed by atoms with Crippen molar-refractivity contribution >= 4 is 0 Å². The van der Waals surface area contributed by atoms with Gasteiger partial charge in [-0.25, -0.2) is 0 Å². The second kappa shape index (κ2) is 8.27. The Morgan fingerprint density at radius 1 is 1.33 bits per heavy atom. The van der Waals surface area contributed by atoms with Gasteiger partial charge in [0.05, 0.1) is 11.8 Å². The average molecular weight is 253 g/mol. The van der Waals surface area contributed by atoms with Crippen molar-refractivity contribution in [1.29, 1.82) is 0 Å². The molecule has 1 N–H and O–H groups in total. The van der Waals surface area contributed by atoms with E-state index in [4.69, 9.17) is 4.74 Å². The SMILES string of the molecule is CC(C)Cn1nccc1CNCCCOC(C)C. The lowest BCUT2D eigenvalue weighted by Crippen LogP contribution is -2.20. The van der Waals surface area contributed by atoms with E-state index in [1.165, 1.54) is 5.69 Å². The smallest absolute Gasteiger partial charge is 0.0522 e. The second-order valence-corrected chi connectivity index (χ2v) is 5.35. The third kappa shape index (κ3) is 6.17. The molecule has 0 aliphatic rings. The summed E-state index contributed by atoms with van der Waals surface area (Å²) in [6.07, 6.45) is 3.26. The van der Waals surface area contributed by atoms with Crippen LogP contribution in [0, 0.1) is 5.92 Å². The van der Waals surface area contributed by atoms with Crippen LogP contribution in [0.25, 0.3) is 0 Å². The highest BCUT2D eigenvalue weighted by molar-refractivity contribution is 5.00. The zero-order chi connectivity index (χ0) is 13.4. The molecule has 0 saturated heterocycles. The summed E-state index contributed by atoms with van der Waals surface area (Å²) in [5.74, 6) is 0.628. The maximum absolute atomic E-state index is 5.50. The van der Waals surface area contributed by atoms with Gasteiger partial charge in [-0.2, -0.15) is 5.10 Å². The highest BCUT2D eigenvalue weighted by Gasteiger charge is 2.03. The highest BCUT2D eigenvalue weighted by Crippen LogP contribution is 2.03. The topological polar surface area (TPSA) is 39.1 Å². The van der Waals surface area contributed by atoms with Crippen LogP contribution in [-0.4, -0.2) is 29.0 Å². The van der Waals surface area contributed by atoms with E-state index in [1.54, 1.807) is 0 Å². The zero-order valence-electron chi connectivity index (χ0n) is 12.1. The molecule has 104 valence electrons. The number of nitrogens with one attached hydrogen (secondary N) is 1. The van der Waals surface area contributed by atoms with Crippen LogP contribution in [-0.2, 0) is 17.8 Å². The van der Waals surface area contributed by atoms with Crippen molar-refractivity contribution in [3.05, 3.63) is 18.0 Å². The molecule has 0 unspecified atom stereocenters. The van der Waals surface area contributed by atoms with Gasteiger partial charge >= 0.3 is 0 Å². The Bertz CT molecular complexity index is 321. The van der Waals surface area contributed by atoms with E-state index in [0.717, 1.165) is 32.7 Å². The van der Waals surface area contributed by atoms with Crippen LogP contribution in [0.4, 0.5) is 0 Å². The lowest BCUT2D eigenvalue weighted by atomic mass is 10.2. The van der Waals surface area contributed by atoms with Gasteiger partial charge in [0.25, 0.3) is 0 Å². The Labute approximate surface area is 111 Å². The maximum atomic E-state index is 5.50. The highest BCUT2D eigenvalue weighted by atomic mass is 16.5. The molecule has 0 radical (unpaired) electrons. The first-order valence-corrected chi connectivity index (χ1v) is 6.92. The van der Waals surface area contributed by atoms with Gasteiger partial charge < -0.3 is 10.1 Å². The molecule has 0 amide bonds. The van der Waals surface area contributed by atoms with E-state index in [9.17, 15) is 0 Å². The quantitative estimate of drug-likeness (QED) is 0.687. The number of aromatic nitrogens is 2. The van der Waals surface area contributed by atoms with E-state index >= 15 is 0 Å². The molecule has 1 aromatic rings. The molecule has 0 saturated carbocycles. The fourth-order valence-corrected chi connectivity index (χ4v) is 1.75. The predicted molar refractivity (Wildman–Crippen MR) is 74.5 cm³/mol. The monoisotopic (exact) mass is 253 g/mol. The summed E-state index contributed by atoms with van der Waals surface area (Å²) in [7, 11) is 0. The summed E-state index contributed by atoms with van der Waals surface area (Å²) in [6.45, 7) is 12.2. The summed E-state index contributed by atoms with van der Waals surface area (Å²) in [4.78, 5) is 0. The first-order valence-electron chi connectivity index (χ1n) is 6.92. The number of hydrogen-bond donors (Lipinski definition) is 1. The third-order valence-electron chi connectivity index (χ3n) is 2.60. The van der Waals surface area contributed by atoms with Crippen LogP contribution < -0.4 is 5.32 Å². The van der Waals surface area contributed by atoms with Crippen molar-refractivity contribution in [3.63, 3.8) is 0 Å². The lowest BCUT2D eigenvalue weighted by Gasteiger charge is -2.11. The second-order valence-electron chi connectivity index (χ2n) is 5.35. The summed E-state index contributed by atoms with van der Waals surface area (Å²) in [5, 5.41) is 7.78. The standard InChI is InChI=1S/C14H27N3O/c1-12(2)11-17-14(6-8-16-17)10-15-7-5-9-18-13(3)4/h6,8,12-13,15H,5,7,9-11H2,1-4H3. The van der Waals surface area contributed by atoms with Crippen molar-refractivity contribution in [1.82, 2.24) is 15.1 Å². The van der Waals surface area contributed by atoms with Crippen molar-refractivity contribution in [2.24, 2.45) is 5.92 Å². The molecule has 18 heavy (non-hydrogen) atoms. The molecule has 1 rings (SSSR count). The summed E-state index contributed by atoms with van der Waals surface area (Å²) >= 11 is 0. The molecule has 0 spiro atoms. The Balaban J connectivity index is 2.17. The van der Waals surface area contributed by atoms with Crippen molar-refractivity contribution < 1.29 is 4.74 Å². The fraction of sp³-hybridized carbons (Fsp3) is 0.786. The summed E-state index contributed by atoms with van der Waals surface area (Å²) in [6, 6.07) is 2.08. The molecule has 0 bridgehead atoms. The molecule has 0 aliphatic heterocycles. The van der Waals surface area contributed by atoms with Crippen LogP contribution in [0.3, 0.4) is 0 Å². The van der Waals surface area contributed by atoms with Crippen LogP contribution in [0.15, 0.2) is 12.3 Å². The van der Waals surface area contributed by atoms with Gasteiger partial charge in [-0.3, -0.25) is 4.68 Å². The Morgan fingerprint density at radius 2 is 2.11 bits per heavy atom. The van der Waals surface area contributed by atoms with Crippen LogP contribution in [0.2, 0.25) is 0 Å². The van der Waals surface area contributed by atoms with Crippen molar-refractivity contribution in [2.45, 2.75) is 53.3 Å². The van der Waals surface area contributed by atoms with E-state index in [0.29, 0.717) is 12.0 Å². The van der Waals surface area contributed by atoms with E-state index < -0.39 is 0 Å². The maximum Gasteiger partial charge on any atom is 0.0522 e. The number of ether oxygens (including phenoxy) is 1. The number of nitrogens with zero attached hydrogens (tertiary/aromatic N) is 2. The Hall–Kier alpha value is -0.870. The third-order valence-corrected chi connectivity index (χ3v) is 2.60. The summed E-state index contributed by atoms with van der Waals surface area (Å²) < 4.78 is 7.58. The molecule has 0 aromatic carbocycles. The van der Waals surface area contributed by atoms with E-state index in [-0.39, 0.29) is 0 Å². The van der Waals surface area contributed by atoms with Crippen molar-refractivity contribution in [2.75, 3.05) is 13.2 Å².